The lowest BCUT2D eigenvalue weighted by molar-refractivity contribution is 0.354. The fourth-order valence-corrected chi connectivity index (χ4v) is 4.79. The molecule has 3 aromatic rings. The number of rotatable bonds is 3. The number of imidazole rings is 1. The molecule has 26 heavy (non-hydrogen) atoms. The van der Waals surface area contributed by atoms with Gasteiger partial charge in [-0.25, -0.2) is 4.98 Å². The van der Waals surface area contributed by atoms with Gasteiger partial charge in [0.2, 0.25) is 0 Å². The van der Waals surface area contributed by atoms with Crippen LogP contribution < -0.4 is 0 Å². The molecule has 0 atom stereocenters. The van der Waals surface area contributed by atoms with Gasteiger partial charge in [-0.1, -0.05) is 55.8 Å². The van der Waals surface area contributed by atoms with Gasteiger partial charge in [0.1, 0.15) is 5.65 Å². The number of benzene rings is 1. The molecule has 1 aliphatic rings. The van der Waals surface area contributed by atoms with Crippen molar-refractivity contribution in [2.75, 3.05) is 0 Å². The first-order valence-corrected chi connectivity index (χ1v) is 10.6. The molecule has 1 aliphatic carbocycles. The lowest BCUT2D eigenvalue weighted by Gasteiger charge is -2.22. The Kier molecular flexibility index (Phi) is 5.11. The zero-order valence-corrected chi connectivity index (χ0v) is 17.7. The highest BCUT2D eigenvalue weighted by Gasteiger charge is 2.22. The van der Waals surface area contributed by atoms with E-state index in [0.29, 0.717) is 0 Å². The van der Waals surface area contributed by atoms with Gasteiger partial charge in [0.15, 0.2) is 0 Å². The van der Waals surface area contributed by atoms with Crippen LogP contribution in [0.25, 0.3) is 16.9 Å². The Hall–Kier alpha value is -1.32. The quantitative estimate of drug-likeness (QED) is 0.430. The summed E-state index contributed by atoms with van der Waals surface area (Å²) in [6.07, 6.45) is 7.84. The van der Waals surface area contributed by atoms with E-state index in [1.54, 1.807) is 0 Å². The molecule has 0 bridgehead atoms. The average Bonchev–Trinajstić information content (AvgIpc) is 2.99. The number of nitrogens with zero attached hydrogens (tertiary/aromatic N) is 2. The summed E-state index contributed by atoms with van der Waals surface area (Å²) in [4.78, 5) is 5.04. The number of aromatic nitrogens is 2. The predicted octanol–water partition coefficient (Wildman–Crippen LogP) is 7.16. The smallest absolute Gasteiger partial charge is 0.138 e. The third kappa shape index (κ3) is 3.32. The maximum Gasteiger partial charge on any atom is 0.138 e. The second-order valence-electron chi connectivity index (χ2n) is 7.55. The van der Waals surface area contributed by atoms with Gasteiger partial charge >= 0.3 is 0 Å². The van der Waals surface area contributed by atoms with Crippen LogP contribution in [0.5, 0.6) is 0 Å². The molecule has 4 heteroatoms. The van der Waals surface area contributed by atoms with Gasteiger partial charge in [-0.3, -0.25) is 4.40 Å². The number of hydrogen-bond donors (Lipinski definition) is 0. The van der Waals surface area contributed by atoms with Gasteiger partial charge in [0.25, 0.3) is 0 Å². The minimum absolute atomic E-state index is 0.751. The van der Waals surface area contributed by atoms with E-state index in [2.05, 4.69) is 46.3 Å². The van der Waals surface area contributed by atoms with Crippen molar-refractivity contribution in [3.05, 3.63) is 56.8 Å². The highest BCUT2D eigenvalue weighted by Crippen LogP contribution is 2.35. The standard InChI is InChI=1S/C22H24BrClN2/c1-14-11-20-25-22(17-9-6-10-18(24)13-17)19(26(20)15(2)21(14)23)12-16-7-4-3-5-8-16/h6,9-11,13,16H,3-5,7-8,12H2,1-2H3. The van der Waals surface area contributed by atoms with E-state index < -0.39 is 0 Å². The van der Waals surface area contributed by atoms with E-state index in [4.69, 9.17) is 16.6 Å². The summed E-state index contributed by atoms with van der Waals surface area (Å²) in [5.74, 6) is 0.751. The molecule has 0 amide bonds. The van der Waals surface area contributed by atoms with E-state index in [-0.39, 0.29) is 0 Å². The predicted molar refractivity (Wildman–Crippen MR) is 113 cm³/mol. The molecule has 2 nitrogen and oxygen atoms in total. The lowest BCUT2D eigenvalue weighted by atomic mass is 9.85. The van der Waals surface area contributed by atoms with Crippen molar-refractivity contribution in [1.82, 2.24) is 9.38 Å². The van der Waals surface area contributed by atoms with Gasteiger partial charge in [-0.2, -0.15) is 0 Å². The van der Waals surface area contributed by atoms with Crippen LogP contribution in [-0.2, 0) is 6.42 Å². The summed E-state index contributed by atoms with van der Waals surface area (Å²) in [5, 5.41) is 0.761. The molecule has 1 aromatic carbocycles. The molecule has 136 valence electrons. The maximum atomic E-state index is 6.28. The summed E-state index contributed by atoms with van der Waals surface area (Å²) in [5.41, 5.74) is 7.00. The Bertz CT molecular complexity index is 954. The minimum Gasteiger partial charge on any atom is -0.300 e. The van der Waals surface area contributed by atoms with E-state index in [9.17, 15) is 0 Å². The largest absolute Gasteiger partial charge is 0.300 e. The Morgan fingerprint density at radius 2 is 1.92 bits per heavy atom. The van der Waals surface area contributed by atoms with Crippen LogP contribution in [-0.4, -0.2) is 9.38 Å². The Balaban J connectivity index is 1.91. The summed E-state index contributed by atoms with van der Waals surface area (Å²) < 4.78 is 3.52. The normalized spacial score (nSPS) is 15.7. The molecule has 0 unspecified atom stereocenters. The lowest BCUT2D eigenvalue weighted by Crippen LogP contribution is -2.12. The topological polar surface area (TPSA) is 17.3 Å². The highest BCUT2D eigenvalue weighted by atomic mass is 79.9. The van der Waals surface area contributed by atoms with Crippen LogP contribution in [0.1, 0.15) is 49.1 Å². The number of pyridine rings is 1. The van der Waals surface area contributed by atoms with Crippen molar-refractivity contribution in [2.24, 2.45) is 5.92 Å². The van der Waals surface area contributed by atoms with Gasteiger partial charge < -0.3 is 0 Å². The maximum absolute atomic E-state index is 6.28. The molecular formula is C22H24BrClN2. The monoisotopic (exact) mass is 430 g/mol. The van der Waals surface area contributed by atoms with Crippen molar-refractivity contribution in [3.8, 4) is 11.3 Å². The van der Waals surface area contributed by atoms with Gasteiger partial charge in [0, 0.05) is 20.8 Å². The van der Waals surface area contributed by atoms with Gasteiger partial charge in [-0.05, 0) is 65.9 Å². The van der Waals surface area contributed by atoms with Crippen molar-refractivity contribution in [3.63, 3.8) is 0 Å². The van der Waals surface area contributed by atoms with E-state index >= 15 is 0 Å². The second kappa shape index (κ2) is 7.36. The van der Waals surface area contributed by atoms with Crippen LogP contribution in [0.4, 0.5) is 0 Å². The summed E-state index contributed by atoms with van der Waals surface area (Å²) in [6.45, 7) is 4.31. The molecule has 2 aromatic heterocycles. The number of halogens is 2. The summed E-state index contributed by atoms with van der Waals surface area (Å²) in [6, 6.07) is 10.3. The Morgan fingerprint density at radius 1 is 1.15 bits per heavy atom. The third-order valence-electron chi connectivity index (χ3n) is 5.65. The summed E-state index contributed by atoms with van der Waals surface area (Å²) >= 11 is 10.0. The van der Waals surface area contributed by atoms with Crippen LogP contribution in [0.15, 0.2) is 34.8 Å². The molecule has 2 heterocycles. The molecular weight excluding hydrogens is 408 g/mol. The zero-order chi connectivity index (χ0) is 18.3. The molecule has 1 fully saturated rings. The molecule has 0 radical (unpaired) electrons. The fraction of sp³-hybridized carbons (Fsp3) is 0.409. The first kappa shape index (κ1) is 18.1. The Morgan fingerprint density at radius 3 is 2.65 bits per heavy atom. The highest BCUT2D eigenvalue weighted by molar-refractivity contribution is 9.10. The van der Waals surface area contributed by atoms with Crippen LogP contribution in [0.2, 0.25) is 5.02 Å². The van der Waals surface area contributed by atoms with E-state index in [1.165, 1.54) is 53.5 Å². The minimum atomic E-state index is 0.751. The molecule has 0 saturated heterocycles. The van der Waals surface area contributed by atoms with Gasteiger partial charge in [0.05, 0.1) is 11.4 Å². The summed E-state index contributed by atoms with van der Waals surface area (Å²) in [7, 11) is 0. The second-order valence-corrected chi connectivity index (χ2v) is 8.78. The van der Waals surface area contributed by atoms with Crippen molar-refractivity contribution >= 4 is 33.2 Å². The zero-order valence-electron chi connectivity index (χ0n) is 15.4. The Labute approximate surface area is 168 Å². The molecule has 0 N–H and O–H groups in total. The average molecular weight is 432 g/mol. The molecule has 1 saturated carbocycles. The van der Waals surface area contributed by atoms with Crippen molar-refractivity contribution in [2.45, 2.75) is 52.4 Å². The molecule has 4 rings (SSSR count). The van der Waals surface area contributed by atoms with Crippen LogP contribution in [0, 0.1) is 19.8 Å². The van der Waals surface area contributed by atoms with Crippen LogP contribution in [0.3, 0.4) is 0 Å². The van der Waals surface area contributed by atoms with Gasteiger partial charge in [-0.15, -0.1) is 0 Å². The number of fused-ring (bicyclic) bond motifs is 1. The third-order valence-corrected chi connectivity index (χ3v) is 7.08. The van der Waals surface area contributed by atoms with E-state index in [1.807, 2.05) is 18.2 Å². The number of aryl methyl sites for hydroxylation is 2. The fourth-order valence-electron chi connectivity index (χ4n) is 4.30. The molecule has 0 spiro atoms. The first-order chi connectivity index (χ1) is 12.5. The van der Waals surface area contributed by atoms with Crippen molar-refractivity contribution in [1.29, 1.82) is 0 Å². The SMILES string of the molecule is Cc1cc2nc(-c3cccc(Cl)c3)c(CC3CCCCC3)n2c(C)c1Br. The van der Waals surface area contributed by atoms with E-state index in [0.717, 1.165) is 34.3 Å². The first-order valence-electron chi connectivity index (χ1n) is 9.47. The number of hydrogen-bond acceptors (Lipinski definition) is 1. The molecule has 0 aliphatic heterocycles. The van der Waals surface area contributed by atoms with Crippen LogP contribution >= 0.6 is 27.5 Å². The van der Waals surface area contributed by atoms with Crippen molar-refractivity contribution < 1.29 is 0 Å².